The lowest BCUT2D eigenvalue weighted by Gasteiger charge is -2.23. The fourth-order valence-electron chi connectivity index (χ4n) is 2.93. The van der Waals surface area contributed by atoms with Crippen LogP contribution in [0.3, 0.4) is 0 Å². The van der Waals surface area contributed by atoms with E-state index < -0.39 is 9.84 Å². The minimum absolute atomic E-state index is 0.126. The SMILES string of the molecule is CN(CCOc1cccc2ccccc12)C1CCS(=O)(=O)C1. The Morgan fingerprint density at radius 1 is 1.18 bits per heavy atom. The van der Waals surface area contributed by atoms with Crippen molar-refractivity contribution in [1.29, 1.82) is 0 Å². The van der Waals surface area contributed by atoms with Gasteiger partial charge in [-0.3, -0.25) is 4.90 Å². The maximum atomic E-state index is 11.5. The molecular weight excluding hydrogens is 298 g/mol. The predicted molar refractivity (Wildman–Crippen MR) is 89.1 cm³/mol. The van der Waals surface area contributed by atoms with Gasteiger partial charge in [-0.2, -0.15) is 0 Å². The van der Waals surface area contributed by atoms with E-state index in [0.717, 1.165) is 29.5 Å². The van der Waals surface area contributed by atoms with E-state index in [1.54, 1.807) is 0 Å². The van der Waals surface area contributed by atoms with Gasteiger partial charge in [0.2, 0.25) is 0 Å². The van der Waals surface area contributed by atoms with E-state index in [-0.39, 0.29) is 11.8 Å². The number of hydrogen-bond donors (Lipinski definition) is 0. The van der Waals surface area contributed by atoms with Gasteiger partial charge in [-0.05, 0) is 24.9 Å². The van der Waals surface area contributed by atoms with Gasteiger partial charge in [-0.15, -0.1) is 0 Å². The molecule has 5 heteroatoms. The van der Waals surface area contributed by atoms with Crippen molar-refractivity contribution in [2.24, 2.45) is 0 Å². The summed E-state index contributed by atoms with van der Waals surface area (Å²) in [7, 11) is -0.859. The monoisotopic (exact) mass is 319 g/mol. The van der Waals surface area contributed by atoms with Gasteiger partial charge in [0, 0.05) is 18.0 Å². The number of likely N-dealkylation sites (N-methyl/N-ethyl adjacent to an activating group) is 1. The number of fused-ring (bicyclic) bond motifs is 1. The summed E-state index contributed by atoms with van der Waals surface area (Å²) in [5.74, 6) is 1.47. The molecular formula is C17H21NO3S. The first-order chi connectivity index (χ1) is 10.6. The van der Waals surface area contributed by atoms with Crippen LogP contribution in [0.5, 0.6) is 5.75 Å². The normalized spacial score (nSPS) is 20.5. The van der Waals surface area contributed by atoms with Crippen LogP contribution in [0.15, 0.2) is 42.5 Å². The zero-order chi connectivity index (χ0) is 15.6. The second-order valence-corrected chi connectivity index (χ2v) is 8.09. The zero-order valence-electron chi connectivity index (χ0n) is 12.7. The van der Waals surface area contributed by atoms with Crippen molar-refractivity contribution in [3.63, 3.8) is 0 Å². The third-order valence-electron chi connectivity index (χ3n) is 4.28. The first-order valence-electron chi connectivity index (χ1n) is 7.56. The summed E-state index contributed by atoms with van der Waals surface area (Å²) in [6, 6.07) is 14.3. The van der Waals surface area contributed by atoms with Crippen molar-refractivity contribution < 1.29 is 13.2 Å². The number of hydrogen-bond acceptors (Lipinski definition) is 4. The molecule has 1 aliphatic heterocycles. The average molecular weight is 319 g/mol. The fourth-order valence-corrected chi connectivity index (χ4v) is 4.73. The molecule has 1 saturated heterocycles. The highest BCUT2D eigenvalue weighted by Crippen LogP contribution is 2.25. The van der Waals surface area contributed by atoms with Gasteiger partial charge in [0.25, 0.3) is 0 Å². The van der Waals surface area contributed by atoms with Gasteiger partial charge in [-0.25, -0.2) is 8.42 Å². The number of nitrogens with zero attached hydrogens (tertiary/aromatic N) is 1. The molecule has 0 N–H and O–H groups in total. The zero-order valence-corrected chi connectivity index (χ0v) is 13.6. The quantitative estimate of drug-likeness (QED) is 0.849. The maximum absolute atomic E-state index is 11.5. The molecule has 0 spiro atoms. The lowest BCUT2D eigenvalue weighted by Crippen LogP contribution is -2.35. The molecule has 1 aliphatic rings. The molecule has 1 atom stereocenters. The molecule has 0 aromatic heterocycles. The standard InChI is InChI=1S/C17H21NO3S/c1-18(15-9-12-22(19,20)13-15)10-11-21-17-8-4-6-14-5-2-3-7-16(14)17/h2-8,15H,9-13H2,1H3. The molecule has 22 heavy (non-hydrogen) atoms. The molecule has 0 saturated carbocycles. The molecule has 0 radical (unpaired) electrons. The van der Waals surface area contributed by atoms with E-state index in [9.17, 15) is 8.42 Å². The Kier molecular flexibility index (Phi) is 4.36. The molecule has 118 valence electrons. The Morgan fingerprint density at radius 3 is 2.73 bits per heavy atom. The molecule has 0 aliphatic carbocycles. The molecule has 2 aromatic rings. The maximum Gasteiger partial charge on any atom is 0.151 e. The van der Waals surface area contributed by atoms with Crippen LogP contribution in [0, 0.1) is 0 Å². The van der Waals surface area contributed by atoms with Crippen molar-refractivity contribution >= 4 is 20.6 Å². The third kappa shape index (κ3) is 3.42. The molecule has 1 heterocycles. The molecule has 0 bridgehead atoms. The number of ether oxygens (including phenoxy) is 1. The number of benzene rings is 2. The highest BCUT2D eigenvalue weighted by Gasteiger charge is 2.30. The first kappa shape index (κ1) is 15.3. The van der Waals surface area contributed by atoms with Crippen molar-refractivity contribution in [3.8, 4) is 5.75 Å². The largest absolute Gasteiger partial charge is 0.492 e. The van der Waals surface area contributed by atoms with E-state index in [1.165, 1.54) is 0 Å². The van der Waals surface area contributed by atoms with Crippen LogP contribution in [0.1, 0.15) is 6.42 Å². The Bertz CT molecular complexity index is 752. The number of rotatable bonds is 5. The highest BCUT2D eigenvalue weighted by molar-refractivity contribution is 7.91. The Morgan fingerprint density at radius 2 is 1.95 bits per heavy atom. The molecule has 1 fully saturated rings. The summed E-state index contributed by atoms with van der Waals surface area (Å²) >= 11 is 0. The van der Waals surface area contributed by atoms with Crippen LogP contribution >= 0.6 is 0 Å². The topological polar surface area (TPSA) is 46.6 Å². The summed E-state index contributed by atoms with van der Waals surface area (Å²) in [6.07, 6.45) is 0.729. The molecule has 3 rings (SSSR count). The van der Waals surface area contributed by atoms with Gasteiger partial charge < -0.3 is 4.74 Å². The molecule has 4 nitrogen and oxygen atoms in total. The molecule has 0 amide bonds. The van der Waals surface area contributed by atoms with E-state index in [0.29, 0.717) is 12.4 Å². The van der Waals surface area contributed by atoms with E-state index in [4.69, 9.17) is 4.74 Å². The molecule has 1 unspecified atom stereocenters. The second kappa shape index (κ2) is 6.26. The average Bonchev–Trinajstić information content (AvgIpc) is 2.88. The van der Waals surface area contributed by atoms with Crippen LogP contribution in [-0.4, -0.2) is 51.1 Å². The van der Waals surface area contributed by atoms with Crippen molar-refractivity contribution in [1.82, 2.24) is 4.90 Å². The fraction of sp³-hybridized carbons (Fsp3) is 0.412. The Balaban J connectivity index is 1.58. The predicted octanol–water partition coefficient (Wildman–Crippen LogP) is 2.34. The Labute approximate surface area is 131 Å². The van der Waals surface area contributed by atoms with Crippen LogP contribution in [0.25, 0.3) is 10.8 Å². The van der Waals surface area contributed by atoms with Gasteiger partial charge >= 0.3 is 0 Å². The van der Waals surface area contributed by atoms with E-state index in [2.05, 4.69) is 23.1 Å². The van der Waals surface area contributed by atoms with Gasteiger partial charge in [0.15, 0.2) is 9.84 Å². The number of sulfone groups is 1. The van der Waals surface area contributed by atoms with Crippen molar-refractivity contribution in [3.05, 3.63) is 42.5 Å². The summed E-state index contributed by atoms with van der Waals surface area (Å²) in [4.78, 5) is 2.09. The third-order valence-corrected chi connectivity index (χ3v) is 6.03. The van der Waals surface area contributed by atoms with Crippen LogP contribution in [-0.2, 0) is 9.84 Å². The minimum Gasteiger partial charge on any atom is -0.492 e. The highest BCUT2D eigenvalue weighted by atomic mass is 32.2. The van der Waals surface area contributed by atoms with E-state index >= 15 is 0 Å². The molecule has 2 aromatic carbocycles. The smallest absolute Gasteiger partial charge is 0.151 e. The van der Waals surface area contributed by atoms with Crippen molar-refractivity contribution in [2.75, 3.05) is 31.7 Å². The van der Waals surface area contributed by atoms with Crippen LogP contribution in [0.2, 0.25) is 0 Å². The van der Waals surface area contributed by atoms with Crippen molar-refractivity contribution in [2.45, 2.75) is 12.5 Å². The van der Waals surface area contributed by atoms with Gasteiger partial charge in [-0.1, -0.05) is 36.4 Å². The van der Waals surface area contributed by atoms with Crippen LogP contribution < -0.4 is 4.74 Å². The lowest BCUT2D eigenvalue weighted by molar-refractivity contribution is 0.203. The summed E-state index contributed by atoms with van der Waals surface area (Å²) < 4.78 is 29.0. The summed E-state index contributed by atoms with van der Waals surface area (Å²) in [5, 5.41) is 2.27. The second-order valence-electron chi connectivity index (χ2n) is 5.86. The summed E-state index contributed by atoms with van der Waals surface area (Å²) in [6.45, 7) is 1.28. The Hall–Kier alpha value is -1.59. The van der Waals surface area contributed by atoms with Crippen LogP contribution in [0.4, 0.5) is 0 Å². The lowest BCUT2D eigenvalue weighted by atomic mass is 10.1. The first-order valence-corrected chi connectivity index (χ1v) is 9.38. The minimum atomic E-state index is -2.83. The van der Waals surface area contributed by atoms with Gasteiger partial charge in [0.1, 0.15) is 12.4 Å². The van der Waals surface area contributed by atoms with E-state index in [1.807, 2.05) is 31.3 Å². The summed E-state index contributed by atoms with van der Waals surface area (Å²) in [5.41, 5.74) is 0. The van der Waals surface area contributed by atoms with Gasteiger partial charge in [0.05, 0.1) is 11.5 Å².